The number of carbonyl (C=O) groups is 1. The van der Waals surface area contributed by atoms with E-state index in [1.54, 1.807) is 13.0 Å². The Bertz CT molecular complexity index is 898. The molecule has 1 aromatic heterocycles. The van der Waals surface area contributed by atoms with Crippen LogP contribution in [0.25, 0.3) is 11.4 Å². The zero-order chi connectivity index (χ0) is 21.4. The van der Waals surface area contributed by atoms with Crippen LogP contribution in [-0.4, -0.2) is 47.0 Å². The van der Waals surface area contributed by atoms with Gasteiger partial charge in [-0.15, -0.1) is 0 Å². The van der Waals surface area contributed by atoms with E-state index in [0.29, 0.717) is 43.3 Å². The molecule has 3 rings (SSSR count). The Hall–Kier alpha value is -2.64. The standard InChI is InChI=1S/C21H25F3N4O/c1-14-12-17(27-8-10-28(11-9-27)19(29)20(2,3)4)26-18(25-14)15-6-5-7-16(13-15)21(22,23)24/h5-7,12-13H,8-11H2,1-4H3. The molecule has 156 valence electrons. The van der Waals surface area contributed by atoms with E-state index in [-0.39, 0.29) is 11.7 Å². The number of aryl methyl sites for hydroxylation is 1. The Labute approximate surface area is 168 Å². The zero-order valence-electron chi connectivity index (χ0n) is 17.0. The Balaban J connectivity index is 1.82. The number of benzene rings is 1. The summed E-state index contributed by atoms with van der Waals surface area (Å²) in [6.45, 7) is 9.88. The summed E-state index contributed by atoms with van der Waals surface area (Å²) in [4.78, 5) is 25.2. The number of hydrogen-bond donors (Lipinski definition) is 0. The molecule has 0 atom stereocenters. The average Bonchev–Trinajstić information content (AvgIpc) is 2.66. The maximum absolute atomic E-state index is 13.0. The van der Waals surface area contributed by atoms with Crippen molar-refractivity contribution in [2.24, 2.45) is 5.41 Å². The van der Waals surface area contributed by atoms with E-state index >= 15 is 0 Å². The fraction of sp³-hybridized carbons (Fsp3) is 0.476. The van der Waals surface area contributed by atoms with Crippen molar-refractivity contribution in [3.8, 4) is 11.4 Å². The highest BCUT2D eigenvalue weighted by Crippen LogP contribution is 2.32. The van der Waals surface area contributed by atoms with Crippen LogP contribution in [0, 0.1) is 12.3 Å². The van der Waals surface area contributed by atoms with Crippen LogP contribution in [0.4, 0.5) is 19.0 Å². The van der Waals surface area contributed by atoms with Crippen LogP contribution in [0.1, 0.15) is 32.0 Å². The molecule has 0 spiro atoms. The minimum atomic E-state index is -4.42. The fourth-order valence-corrected chi connectivity index (χ4v) is 3.29. The summed E-state index contributed by atoms with van der Waals surface area (Å²) in [5.41, 5.74) is -0.150. The second kappa shape index (κ2) is 7.65. The first-order valence-electron chi connectivity index (χ1n) is 9.53. The molecule has 0 N–H and O–H groups in total. The molecule has 29 heavy (non-hydrogen) atoms. The minimum absolute atomic E-state index is 0.112. The molecular formula is C21H25F3N4O. The lowest BCUT2D eigenvalue weighted by atomic mass is 9.94. The molecule has 5 nitrogen and oxygen atoms in total. The number of alkyl halides is 3. The maximum Gasteiger partial charge on any atom is 0.416 e. The highest BCUT2D eigenvalue weighted by atomic mass is 19.4. The largest absolute Gasteiger partial charge is 0.416 e. The van der Waals surface area contributed by atoms with Gasteiger partial charge in [-0.25, -0.2) is 9.97 Å². The third-order valence-corrected chi connectivity index (χ3v) is 4.82. The summed E-state index contributed by atoms with van der Waals surface area (Å²) in [7, 11) is 0. The summed E-state index contributed by atoms with van der Waals surface area (Å²) in [5.74, 6) is 1.03. The molecule has 0 bridgehead atoms. The molecule has 1 saturated heterocycles. The van der Waals surface area contributed by atoms with Crippen LogP contribution in [0.2, 0.25) is 0 Å². The quantitative estimate of drug-likeness (QED) is 0.751. The monoisotopic (exact) mass is 406 g/mol. The highest BCUT2D eigenvalue weighted by Gasteiger charge is 2.31. The van der Waals surface area contributed by atoms with Crippen molar-refractivity contribution in [3.05, 3.63) is 41.6 Å². The summed E-state index contributed by atoms with van der Waals surface area (Å²) < 4.78 is 39.1. The van der Waals surface area contributed by atoms with Crippen molar-refractivity contribution in [2.45, 2.75) is 33.9 Å². The number of nitrogens with zero attached hydrogens (tertiary/aromatic N) is 4. The third-order valence-electron chi connectivity index (χ3n) is 4.82. The third kappa shape index (κ3) is 4.86. The van der Waals surface area contributed by atoms with Gasteiger partial charge in [0, 0.05) is 48.9 Å². The predicted octanol–water partition coefficient (Wildman–Crippen LogP) is 4.17. The van der Waals surface area contributed by atoms with E-state index in [1.165, 1.54) is 6.07 Å². The lowest BCUT2D eigenvalue weighted by Gasteiger charge is -2.38. The topological polar surface area (TPSA) is 49.3 Å². The van der Waals surface area contributed by atoms with E-state index in [0.717, 1.165) is 12.1 Å². The first kappa shape index (κ1) is 21.1. The number of carbonyl (C=O) groups excluding carboxylic acids is 1. The van der Waals surface area contributed by atoms with E-state index in [1.807, 2.05) is 36.6 Å². The fourth-order valence-electron chi connectivity index (χ4n) is 3.29. The predicted molar refractivity (Wildman–Crippen MR) is 105 cm³/mol. The average molecular weight is 406 g/mol. The van der Waals surface area contributed by atoms with Crippen molar-refractivity contribution < 1.29 is 18.0 Å². The Kier molecular flexibility index (Phi) is 5.56. The molecule has 0 unspecified atom stereocenters. The Morgan fingerprint density at radius 3 is 2.24 bits per heavy atom. The number of hydrogen-bond acceptors (Lipinski definition) is 4. The number of amides is 1. The molecule has 2 aromatic rings. The van der Waals surface area contributed by atoms with Gasteiger partial charge in [0.05, 0.1) is 5.56 Å². The molecule has 8 heteroatoms. The molecule has 1 aliphatic heterocycles. The molecule has 0 saturated carbocycles. The SMILES string of the molecule is Cc1cc(N2CCN(C(=O)C(C)(C)C)CC2)nc(-c2cccc(C(F)(F)F)c2)n1. The van der Waals surface area contributed by atoms with Crippen molar-refractivity contribution in [1.82, 2.24) is 14.9 Å². The Morgan fingerprint density at radius 1 is 1.00 bits per heavy atom. The van der Waals surface area contributed by atoms with Gasteiger partial charge in [0.1, 0.15) is 5.82 Å². The molecular weight excluding hydrogens is 381 g/mol. The van der Waals surface area contributed by atoms with Crippen LogP contribution in [-0.2, 0) is 11.0 Å². The summed E-state index contributed by atoms with van der Waals surface area (Å²) in [6, 6.07) is 6.86. The van der Waals surface area contributed by atoms with Crippen molar-refractivity contribution in [1.29, 1.82) is 0 Å². The second-order valence-electron chi connectivity index (χ2n) is 8.30. The first-order chi connectivity index (χ1) is 13.4. The number of halogens is 3. The van der Waals surface area contributed by atoms with Crippen LogP contribution >= 0.6 is 0 Å². The normalized spacial score (nSPS) is 15.6. The molecule has 0 radical (unpaired) electrons. The van der Waals surface area contributed by atoms with E-state index in [9.17, 15) is 18.0 Å². The second-order valence-corrected chi connectivity index (χ2v) is 8.30. The van der Waals surface area contributed by atoms with Crippen LogP contribution in [0.3, 0.4) is 0 Å². The van der Waals surface area contributed by atoms with Gasteiger partial charge in [-0.2, -0.15) is 13.2 Å². The molecule has 0 aliphatic carbocycles. The van der Waals surface area contributed by atoms with Gasteiger partial charge in [-0.1, -0.05) is 32.9 Å². The van der Waals surface area contributed by atoms with E-state index < -0.39 is 17.2 Å². The van der Waals surface area contributed by atoms with Crippen molar-refractivity contribution in [2.75, 3.05) is 31.1 Å². The van der Waals surface area contributed by atoms with Gasteiger partial charge >= 0.3 is 6.18 Å². The van der Waals surface area contributed by atoms with Crippen molar-refractivity contribution >= 4 is 11.7 Å². The van der Waals surface area contributed by atoms with Crippen LogP contribution in [0.15, 0.2) is 30.3 Å². The number of aromatic nitrogens is 2. The molecule has 1 amide bonds. The first-order valence-corrected chi connectivity index (χ1v) is 9.53. The van der Waals surface area contributed by atoms with Crippen LogP contribution < -0.4 is 4.90 Å². The lowest BCUT2D eigenvalue weighted by molar-refractivity contribution is -0.140. The van der Waals surface area contributed by atoms with Gasteiger partial charge in [-0.05, 0) is 19.1 Å². The zero-order valence-corrected chi connectivity index (χ0v) is 17.0. The lowest BCUT2D eigenvalue weighted by Crippen LogP contribution is -2.51. The summed E-state index contributed by atoms with van der Waals surface area (Å²) in [5, 5.41) is 0. The minimum Gasteiger partial charge on any atom is -0.353 e. The number of piperazine rings is 1. The van der Waals surface area contributed by atoms with E-state index in [2.05, 4.69) is 9.97 Å². The van der Waals surface area contributed by atoms with Gasteiger partial charge in [-0.3, -0.25) is 4.79 Å². The van der Waals surface area contributed by atoms with Crippen LogP contribution in [0.5, 0.6) is 0 Å². The number of anilines is 1. The molecule has 1 aliphatic rings. The maximum atomic E-state index is 13.0. The van der Waals surface area contributed by atoms with Gasteiger partial charge in [0.15, 0.2) is 5.82 Å². The molecule has 1 fully saturated rings. The van der Waals surface area contributed by atoms with Gasteiger partial charge in [0.25, 0.3) is 0 Å². The summed E-state index contributed by atoms with van der Waals surface area (Å²) in [6.07, 6.45) is -4.42. The highest BCUT2D eigenvalue weighted by molar-refractivity contribution is 5.81. The van der Waals surface area contributed by atoms with Gasteiger partial charge < -0.3 is 9.80 Å². The number of rotatable bonds is 2. The van der Waals surface area contributed by atoms with Crippen molar-refractivity contribution in [3.63, 3.8) is 0 Å². The Morgan fingerprint density at radius 2 is 1.66 bits per heavy atom. The van der Waals surface area contributed by atoms with E-state index in [4.69, 9.17) is 0 Å². The van der Waals surface area contributed by atoms with Gasteiger partial charge in [0.2, 0.25) is 5.91 Å². The summed E-state index contributed by atoms with van der Waals surface area (Å²) >= 11 is 0. The molecule has 2 heterocycles. The molecule has 1 aromatic carbocycles. The smallest absolute Gasteiger partial charge is 0.353 e.